The minimum atomic E-state index is -0.493. The first-order valence-electron chi connectivity index (χ1n) is 5.48. The maximum absolute atomic E-state index is 10.1. The lowest BCUT2D eigenvalue weighted by Gasteiger charge is -2.11. The van der Waals surface area contributed by atoms with Gasteiger partial charge in [0.05, 0.1) is 0 Å². The van der Waals surface area contributed by atoms with Gasteiger partial charge in [0.1, 0.15) is 6.10 Å². The predicted molar refractivity (Wildman–Crippen MR) is 68.9 cm³/mol. The molecule has 0 aliphatic heterocycles. The maximum atomic E-state index is 10.1. The van der Waals surface area contributed by atoms with E-state index in [-0.39, 0.29) is 0 Å². The molecular formula is C14H16OS. The van der Waals surface area contributed by atoms with Crippen LogP contribution in [0.1, 0.15) is 42.6 Å². The maximum Gasteiger partial charge on any atom is 0.105 e. The van der Waals surface area contributed by atoms with Crippen LogP contribution in [0.5, 0.6) is 0 Å². The van der Waals surface area contributed by atoms with Crippen LogP contribution in [0.2, 0.25) is 0 Å². The molecule has 2 rings (SSSR count). The fourth-order valence-corrected chi connectivity index (χ4v) is 2.37. The number of hydrogen-bond acceptors (Lipinski definition) is 2. The minimum absolute atomic E-state index is 0.493. The van der Waals surface area contributed by atoms with Crippen LogP contribution in [0.4, 0.5) is 0 Å². The topological polar surface area (TPSA) is 20.2 Å². The summed E-state index contributed by atoms with van der Waals surface area (Å²) in [4.78, 5) is 0. The van der Waals surface area contributed by atoms with E-state index in [1.807, 2.05) is 29.0 Å². The highest BCUT2D eigenvalue weighted by molar-refractivity contribution is 7.07. The van der Waals surface area contributed by atoms with Crippen LogP contribution >= 0.6 is 11.3 Å². The molecule has 1 N–H and O–H groups in total. The van der Waals surface area contributed by atoms with Crippen molar-refractivity contribution in [1.29, 1.82) is 0 Å². The summed E-state index contributed by atoms with van der Waals surface area (Å²) in [5.41, 5.74) is 3.24. The van der Waals surface area contributed by atoms with Crippen LogP contribution in [-0.4, -0.2) is 5.11 Å². The quantitative estimate of drug-likeness (QED) is 0.849. The van der Waals surface area contributed by atoms with Crippen LogP contribution in [0.3, 0.4) is 0 Å². The summed E-state index contributed by atoms with van der Waals surface area (Å²) < 4.78 is 0. The zero-order valence-corrected chi connectivity index (χ0v) is 10.4. The van der Waals surface area contributed by atoms with Crippen molar-refractivity contribution in [3.05, 3.63) is 57.8 Å². The smallest absolute Gasteiger partial charge is 0.105 e. The second-order valence-corrected chi connectivity index (χ2v) is 5.06. The molecule has 0 aliphatic rings. The van der Waals surface area contributed by atoms with Crippen molar-refractivity contribution in [3.8, 4) is 0 Å². The predicted octanol–water partition coefficient (Wildman–Crippen LogP) is 3.95. The van der Waals surface area contributed by atoms with Crippen molar-refractivity contribution in [1.82, 2.24) is 0 Å². The summed E-state index contributed by atoms with van der Waals surface area (Å²) in [6.45, 7) is 4.34. The number of benzene rings is 1. The van der Waals surface area contributed by atoms with Gasteiger partial charge in [0.2, 0.25) is 0 Å². The average molecular weight is 232 g/mol. The Morgan fingerprint density at radius 1 is 0.938 bits per heavy atom. The second kappa shape index (κ2) is 4.81. The highest BCUT2D eigenvalue weighted by Gasteiger charge is 2.10. The van der Waals surface area contributed by atoms with E-state index in [4.69, 9.17) is 0 Å². The van der Waals surface area contributed by atoms with Gasteiger partial charge in [-0.3, -0.25) is 0 Å². The first kappa shape index (κ1) is 11.4. The van der Waals surface area contributed by atoms with Crippen LogP contribution in [0.25, 0.3) is 0 Å². The molecule has 0 aliphatic carbocycles. The normalized spacial score (nSPS) is 13.0. The van der Waals surface area contributed by atoms with Gasteiger partial charge in [-0.05, 0) is 39.4 Å². The molecule has 1 aromatic carbocycles. The van der Waals surface area contributed by atoms with E-state index in [1.54, 1.807) is 11.3 Å². The molecule has 0 bridgehead atoms. The summed E-state index contributed by atoms with van der Waals surface area (Å²) in [5.74, 6) is 0.535. The molecule has 0 unspecified atom stereocenters. The van der Waals surface area contributed by atoms with Gasteiger partial charge >= 0.3 is 0 Å². The number of aliphatic hydroxyl groups is 1. The third-order valence-corrected chi connectivity index (χ3v) is 3.48. The van der Waals surface area contributed by atoms with Crippen molar-refractivity contribution < 1.29 is 5.11 Å². The number of aliphatic hydroxyl groups excluding tert-OH is 1. The Balaban J connectivity index is 2.22. The lowest BCUT2D eigenvalue weighted by Crippen LogP contribution is -1.98. The van der Waals surface area contributed by atoms with Gasteiger partial charge in [-0.2, -0.15) is 11.3 Å². The molecule has 0 saturated carbocycles. The standard InChI is InChI=1S/C14H16OS/c1-10(2)11-3-5-12(6-4-11)14(15)13-7-8-16-9-13/h3-10,14-15H,1-2H3/t14-/m1/s1. The Morgan fingerprint density at radius 2 is 1.56 bits per heavy atom. The fraction of sp³-hybridized carbons (Fsp3) is 0.286. The largest absolute Gasteiger partial charge is 0.384 e. The van der Waals surface area contributed by atoms with E-state index in [9.17, 15) is 5.11 Å². The molecule has 1 heterocycles. The third-order valence-electron chi connectivity index (χ3n) is 2.78. The molecule has 0 amide bonds. The first-order valence-corrected chi connectivity index (χ1v) is 6.43. The summed E-state index contributed by atoms with van der Waals surface area (Å²) in [6.07, 6.45) is -0.493. The molecule has 2 heteroatoms. The first-order chi connectivity index (χ1) is 7.68. The summed E-state index contributed by atoms with van der Waals surface area (Å²) >= 11 is 1.61. The highest BCUT2D eigenvalue weighted by atomic mass is 32.1. The Morgan fingerprint density at radius 3 is 2.06 bits per heavy atom. The molecule has 1 atom stereocenters. The van der Waals surface area contributed by atoms with Crippen molar-refractivity contribution in [3.63, 3.8) is 0 Å². The Labute approximate surface area is 100 Å². The van der Waals surface area contributed by atoms with Gasteiger partial charge in [-0.15, -0.1) is 0 Å². The molecular weight excluding hydrogens is 216 g/mol. The minimum Gasteiger partial charge on any atom is -0.384 e. The van der Waals surface area contributed by atoms with E-state index in [0.717, 1.165) is 11.1 Å². The second-order valence-electron chi connectivity index (χ2n) is 4.28. The van der Waals surface area contributed by atoms with Gasteiger partial charge in [-0.25, -0.2) is 0 Å². The molecule has 16 heavy (non-hydrogen) atoms. The van der Waals surface area contributed by atoms with Crippen LogP contribution in [0, 0.1) is 0 Å². The fourth-order valence-electron chi connectivity index (χ4n) is 1.69. The Bertz CT molecular complexity index is 428. The summed E-state index contributed by atoms with van der Waals surface area (Å²) in [6, 6.07) is 10.2. The van der Waals surface area contributed by atoms with Crippen LogP contribution in [-0.2, 0) is 0 Å². The molecule has 2 aromatic rings. The van der Waals surface area contributed by atoms with Gasteiger partial charge in [0, 0.05) is 0 Å². The molecule has 1 nitrogen and oxygen atoms in total. The van der Waals surface area contributed by atoms with Crippen molar-refractivity contribution in [2.45, 2.75) is 25.9 Å². The summed E-state index contributed by atoms with van der Waals surface area (Å²) in [7, 11) is 0. The molecule has 1 aromatic heterocycles. The van der Waals surface area contributed by atoms with Gasteiger partial charge in [0.25, 0.3) is 0 Å². The van der Waals surface area contributed by atoms with E-state index in [2.05, 4.69) is 26.0 Å². The van der Waals surface area contributed by atoms with Crippen molar-refractivity contribution in [2.24, 2.45) is 0 Å². The lowest BCUT2D eigenvalue weighted by molar-refractivity contribution is 0.221. The zero-order chi connectivity index (χ0) is 11.5. The van der Waals surface area contributed by atoms with Crippen LogP contribution < -0.4 is 0 Å². The van der Waals surface area contributed by atoms with E-state index >= 15 is 0 Å². The van der Waals surface area contributed by atoms with E-state index < -0.39 is 6.10 Å². The zero-order valence-electron chi connectivity index (χ0n) is 9.55. The van der Waals surface area contributed by atoms with E-state index in [1.165, 1.54) is 5.56 Å². The number of thiophene rings is 1. The monoisotopic (exact) mass is 232 g/mol. The lowest BCUT2D eigenvalue weighted by atomic mass is 9.98. The van der Waals surface area contributed by atoms with Gasteiger partial charge in [0.15, 0.2) is 0 Å². The van der Waals surface area contributed by atoms with Crippen molar-refractivity contribution in [2.75, 3.05) is 0 Å². The highest BCUT2D eigenvalue weighted by Crippen LogP contribution is 2.25. The SMILES string of the molecule is CC(C)c1ccc([C@@H](O)c2ccsc2)cc1. The number of hydrogen-bond donors (Lipinski definition) is 1. The third kappa shape index (κ3) is 2.34. The van der Waals surface area contributed by atoms with E-state index in [0.29, 0.717) is 5.92 Å². The molecule has 84 valence electrons. The molecule has 0 spiro atoms. The number of rotatable bonds is 3. The average Bonchev–Trinajstić information content (AvgIpc) is 2.81. The Hall–Kier alpha value is -1.12. The van der Waals surface area contributed by atoms with Gasteiger partial charge in [-0.1, -0.05) is 38.1 Å². The summed E-state index contributed by atoms with van der Waals surface area (Å²) in [5, 5.41) is 14.1. The van der Waals surface area contributed by atoms with Crippen molar-refractivity contribution >= 4 is 11.3 Å². The van der Waals surface area contributed by atoms with Gasteiger partial charge < -0.3 is 5.11 Å². The molecule has 0 radical (unpaired) electrons. The Kier molecular flexibility index (Phi) is 3.42. The molecule has 0 fully saturated rings. The molecule has 0 saturated heterocycles. The van der Waals surface area contributed by atoms with Crippen LogP contribution in [0.15, 0.2) is 41.1 Å².